The number of hydrogen-bond acceptors (Lipinski definition) is 5. The van der Waals surface area contributed by atoms with Crippen molar-refractivity contribution in [2.75, 3.05) is 9.80 Å². The van der Waals surface area contributed by atoms with Crippen molar-refractivity contribution in [3.05, 3.63) is 264 Å². The third kappa shape index (κ3) is 8.11. The molecule has 9 heteroatoms. The van der Waals surface area contributed by atoms with Gasteiger partial charge >= 0.3 is 0 Å². The molecule has 0 unspecified atom stereocenters. The first kappa shape index (κ1) is 43.0. The van der Waals surface area contributed by atoms with Crippen molar-refractivity contribution >= 4 is 73.0 Å². The van der Waals surface area contributed by atoms with Crippen LogP contribution in [0.5, 0.6) is 0 Å². The van der Waals surface area contributed by atoms with Crippen LogP contribution in [-0.4, -0.2) is 14.5 Å². The molecule has 11 rings (SSSR count). The largest absolute Gasteiger partial charge is 0.311 e. The Morgan fingerprint density at radius 3 is 1.42 bits per heavy atom. The molecule has 9 nitrogen and oxygen atoms in total. The van der Waals surface area contributed by atoms with E-state index in [1.165, 1.54) is 0 Å². The molecule has 11 aromatic rings. The lowest BCUT2D eigenvalue weighted by Gasteiger charge is -2.26. The third-order valence-electron chi connectivity index (χ3n) is 12.5. The molecule has 2 heterocycles. The molecule has 0 saturated heterocycles. The molecule has 0 aliphatic heterocycles. The van der Waals surface area contributed by atoms with E-state index < -0.39 is 0 Å². The van der Waals surface area contributed by atoms with E-state index in [1.807, 2.05) is 103 Å². The van der Waals surface area contributed by atoms with E-state index in [0.717, 1.165) is 67.2 Å². The molecule has 0 bridgehead atoms. The summed E-state index contributed by atoms with van der Waals surface area (Å²) < 4.78 is 2.28. The minimum absolute atomic E-state index is 0.402. The molecule has 0 aliphatic rings. The molecule has 0 atom stereocenters. The number of nitrogens with zero attached hydrogens (tertiary/aromatic N) is 9. The maximum atomic E-state index is 9.68. The number of anilines is 6. The third-order valence-corrected chi connectivity index (χ3v) is 12.5. The molecule has 0 spiro atoms. The highest BCUT2D eigenvalue weighted by Gasteiger charge is 2.21. The molecular formula is C62H37N9. The summed E-state index contributed by atoms with van der Waals surface area (Å²) in [7, 11) is 0. The van der Waals surface area contributed by atoms with Gasteiger partial charge in [-0.1, -0.05) is 109 Å². The van der Waals surface area contributed by atoms with Crippen molar-refractivity contribution in [2.45, 2.75) is 0 Å². The van der Waals surface area contributed by atoms with E-state index in [1.54, 1.807) is 12.1 Å². The predicted molar refractivity (Wildman–Crippen MR) is 286 cm³/mol. The van der Waals surface area contributed by atoms with Crippen molar-refractivity contribution in [2.24, 2.45) is 0 Å². The molecule has 0 radical (unpaired) electrons. The normalized spacial score (nSPS) is 10.8. The summed E-state index contributed by atoms with van der Waals surface area (Å²) >= 11 is 0. The highest BCUT2D eigenvalue weighted by Crippen LogP contribution is 2.44. The van der Waals surface area contributed by atoms with Gasteiger partial charge in [0.1, 0.15) is 5.82 Å². The van der Waals surface area contributed by atoms with Gasteiger partial charge in [0.15, 0.2) is 17.1 Å². The van der Waals surface area contributed by atoms with Gasteiger partial charge < -0.3 is 14.4 Å². The van der Waals surface area contributed by atoms with Crippen LogP contribution in [0.2, 0.25) is 0 Å². The first-order chi connectivity index (χ1) is 35.0. The fraction of sp³-hybridized carbons (Fsp3) is 0. The van der Waals surface area contributed by atoms with Crippen LogP contribution >= 0.6 is 0 Å². The summed E-state index contributed by atoms with van der Waals surface area (Å²) in [6.07, 6.45) is 0. The summed E-state index contributed by atoms with van der Waals surface area (Å²) in [5.41, 5.74) is 14.0. The molecule has 330 valence electrons. The molecule has 71 heavy (non-hydrogen) atoms. The minimum Gasteiger partial charge on any atom is -0.311 e. The van der Waals surface area contributed by atoms with Crippen molar-refractivity contribution in [3.8, 4) is 45.7 Å². The van der Waals surface area contributed by atoms with Crippen molar-refractivity contribution in [1.82, 2.24) is 14.5 Å². The van der Waals surface area contributed by atoms with Crippen molar-refractivity contribution in [1.29, 1.82) is 5.26 Å². The van der Waals surface area contributed by atoms with Crippen LogP contribution in [-0.2, 0) is 0 Å². The van der Waals surface area contributed by atoms with E-state index in [4.69, 9.17) is 29.7 Å². The summed E-state index contributed by atoms with van der Waals surface area (Å²) in [6.45, 7) is 23.4. The van der Waals surface area contributed by atoms with Crippen LogP contribution in [0, 0.1) is 31.0 Å². The molecular weight excluding hydrogens is 871 g/mol. The molecule has 0 saturated carbocycles. The van der Waals surface area contributed by atoms with Crippen LogP contribution in [0.15, 0.2) is 224 Å². The van der Waals surface area contributed by atoms with Crippen LogP contribution in [0.4, 0.5) is 51.2 Å². The van der Waals surface area contributed by atoms with Gasteiger partial charge in [0, 0.05) is 67.3 Å². The van der Waals surface area contributed by atoms with Gasteiger partial charge in [0.05, 0.1) is 53.8 Å². The van der Waals surface area contributed by atoms with Gasteiger partial charge in [-0.25, -0.2) is 24.5 Å². The van der Waals surface area contributed by atoms with Gasteiger partial charge in [-0.2, -0.15) is 5.26 Å². The Labute approximate surface area is 410 Å². The SMILES string of the molecule is [C-]#[N+]c1ccc(N(c2ccc(C#N)cc2)c2ccc3c(c2)c2cc(N(c4ccccc4)c4ccccc4)ccc2n3-c2ccc(-c3cc(-c4ccccc4[N+]#[C-])nc(-c4ccccc4[N+]#[C-])n3)cc2)cc1. The van der Waals surface area contributed by atoms with Crippen LogP contribution in [0.25, 0.3) is 75.9 Å². The average Bonchev–Trinajstić information content (AvgIpc) is 3.77. The summed E-state index contributed by atoms with van der Waals surface area (Å²) in [4.78, 5) is 25.6. The number of aromatic nitrogens is 3. The lowest BCUT2D eigenvalue weighted by atomic mass is 10.0. The fourth-order valence-corrected chi connectivity index (χ4v) is 9.15. The van der Waals surface area contributed by atoms with Gasteiger partial charge in [-0.15, -0.1) is 0 Å². The lowest BCUT2D eigenvalue weighted by Crippen LogP contribution is -2.10. The molecule has 0 amide bonds. The van der Waals surface area contributed by atoms with E-state index >= 15 is 0 Å². The first-order valence-electron chi connectivity index (χ1n) is 22.7. The Hall–Kier alpha value is -10.6. The van der Waals surface area contributed by atoms with E-state index in [-0.39, 0.29) is 0 Å². The predicted octanol–water partition coefficient (Wildman–Crippen LogP) is 17.0. The summed E-state index contributed by atoms with van der Waals surface area (Å²) in [6, 6.07) is 76.1. The zero-order valence-electron chi connectivity index (χ0n) is 37.9. The average molecular weight is 908 g/mol. The molecule has 0 aliphatic carbocycles. The Morgan fingerprint density at radius 2 is 0.887 bits per heavy atom. The second-order valence-electron chi connectivity index (χ2n) is 16.6. The van der Waals surface area contributed by atoms with Crippen LogP contribution in [0.1, 0.15) is 5.56 Å². The van der Waals surface area contributed by atoms with E-state index in [2.05, 4.69) is 144 Å². The second kappa shape index (κ2) is 18.6. The van der Waals surface area contributed by atoms with Gasteiger partial charge in [-0.3, -0.25) is 0 Å². The number of fused-ring (bicyclic) bond motifs is 3. The van der Waals surface area contributed by atoms with Gasteiger partial charge in [0.25, 0.3) is 0 Å². The summed E-state index contributed by atoms with van der Waals surface area (Å²) in [5, 5.41) is 11.7. The summed E-state index contributed by atoms with van der Waals surface area (Å²) in [5.74, 6) is 0.402. The highest BCUT2D eigenvalue weighted by atomic mass is 15.2. The number of hydrogen-bond donors (Lipinski definition) is 0. The quantitative estimate of drug-likeness (QED) is 0.128. The zero-order valence-corrected chi connectivity index (χ0v) is 37.9. The molecule has 2 aromatic heterocycles. The first-order valence-corrected chi connectivity index (χ1v) is 22.7. The molecule has 9 aromatic carbocycles. The number of rotatable bonds is 10. The Kier molecular flexibility index (Phi) is 11.3. The highest BCUT2D eigenvalue weighted by molar-refractivity contribution is 6.12. The monoisotopic (exact) mass is 907 g/mol. The van der Waals surface area contributed by atoms with Crippen LogP contribution < -0.4 is 9.80 Å². The van der Waals surface area contributed by atoms with E-state index in [0.29, 0.717) is 51.0 Å². The maximum Gasteiger partial charge on any atom is 0.198 e. The van der Waals surface area contributed by atoms with Gasteiger partial charge in [0.2, 0.25) is 0 Å². The zero-order chi connectivity index (χ0) is 48.3. The number of benzene rings is 9. The van der Waals surface area contributed by atoms with Gasteiger partial charge in [-0.05, 0) is 115 Å². The number of para-hydroxylation sites is 4. The maximum absolute atomic E-state index is 9.68. The van der Waals surface area contributed by atoms with Crippen molar-refractivity contribution in [3.63, 3.8) is 0 Å². The number of nitriles is 1. The smallest absolute Gasteiger partial charge is 0.198 e. The Balaban J connectivity index is 1.10. The Morgan fingerprint density at radius 1 is 0.423 bits per heavy atom. The molecule has 0 fully saturated rings. The lowest BCUT2D eigenvalue weighted by molar-refractivity contribution is 1.17. The minimum atomic E-state index is 0.402. The van der Waals surface area contributed by atoms with Crippen LogP contribution in [0.3, 0.4) is 0 Å². The molecule has 0 N–H and O–H groups in total. The fourth-order valence-electron chi connectivity index (χ4n) is 9.15. The topological polar surface area (TPSA) is 74.1 Å². The van der Waals surface area contributed by atoms with Crippen molar-refractivity contribution < 1.29 is 0 Å². The standard InChI is InChI=1S/C62H37N9/c1-64-44-26-32-48(33-27-44)70(47-28-22-42(41-63)23-29-47)51-35-37-61-55(39-51)54-38-50(69(45-14-6-4-7-15-45)46-16-8-5-9-17-46)34-36-60(54)71(61)49-30-24-43(25-31-49)58-40-59(52-18-10-12-20-56(52)65-2)68-62(67-58)53-19-11-13-21-57(53)66-3/h4-40H. The van der Waals surface area contributed by atoms with E-state index in [9.17, 15) is 5.26 Å². The second-order valence-corrected chi connectivity index (χ2v) is 16.6. The Bertz CT molecular complexity index is 3790.